The van der Waals surface area contributed by atoms with Gasteiger partial charge in [0.05, 0.1) is 0 Å². The molecule has 1 aliphatic heterocycles. The van der Waals surface area contributed by atoms with Gasteiger partial charge in [0, 0.05) is 32.6 Å². The summed E-state index contributed by atoms with van der Waals surface area (Å²) in [6.45, 7) is 4.69. The molecule has 0 aromatic heterocycles. The van der Waals surface area contributed by atoms with Crippen LogP contribution in [0, 0.1) is 0 Å². The zero-order valence-corrected chi connectivity index (χ0v) is 14.1. The lowest BCUT2D eigenvalue weighted by molar-refractivity contribution is 0.554. The molecule has 1 aliphatic rings. The highest BCUT2D eigenvalue weighted by molar-refractivity contribution is 8.07. The molecule has 1 saturated heterocycles. The van der Waals surface area contributed by atoms with Gasteiger partial charge in [-0.15, -0.1) is 0 Å². The van der Waals surface area contributed by atoms with Gasteiger partial charge in [-0.3, -0.25) is 0 Å². The Hall–Kier alpha value is 0.170. The van der Waals surface area contributed by atoms with E-state index in [1.165, 1.54) is 11.3 Å². The van der Waals surface area contributed by atoms with E-state index in [-0.39, 0.29) is 0 Å². The van der Waals surface area contributed by atoms with Gasteiger partial charge in [0.15, 0.2) is 0 Å². The second kappa shape index (κ2) is 7.26. The van der Waals surface area contributed by atoms with E-state index in [0.29, 0.717) is 11.3 Å². The fourth-order valence-corrected chi connectivity index (χ4v) is 5.61. The van der Waals surface area contributed by atoms with Crippen molar-refractivity contribution in [3.8, 4) is 0 Å². The molecule has 1 aromatic rings. The van der Waals surface area contributed by atoms with Crippen molar-refractivity contribution in [3.05, 3.63) is 34.9 Å². The Morgan fingerprint density at radius 3 is 2.53 bits per heavy atom. The molecule has 4 heteroatoms. The zero-order chi connectivity index (χ0) is 13.8. The maximum atomic E-state index is 5.94. The molecule has 0 amide bonds. The van der Waals surface area contributed by atoms with E-state index < -0.39 is 0 Å². The third-order valence-corrected chi connectivity index (χ3v) is 7.57. The monoisotopic (exact) mass is 315 g/mol. The van der Waals surface area contributed by atoms with Gasteiger partial charge in [0.25, 0.3) is 0 Å². The van der Waals surface area contributed by atoms with Crippen LogP contribution in [0.15, 0.2) is 24.3 Å². The first kappa shape index (κ1) is 15.6. The molecular weight excluding hydrogens is 294 g/mol. The van der Waals surface area contributed by atoms with E-state index in [9.17, 15) is 0 Å². The number of rotatable bonds is 4. The van der Waals surface area contributed by atoms with Gasteiger partial charge in [0.1, 0.15) is 0 Å². The molecule has 0 aliphatic carbocycles. The third kappa shape index (κ3) is 4.32. The average Bonchev–Trinajstić information content (AvgIpc) is 2.41. The van der Waals surface area contributed by atoms with Gasteiger partial charge >= 0.3 is 0 Å². The number of hydrogen-bond donors (Lipinski definition) is 1. The molecule has 0 bridgehead atoms. The molecule has 2 rings (SSSR count). The summed E-state index contributed by atoms with van der Waals surface area (Å²) < 4.78 is 0. The number of nitrogens with one attached hydrogen (secondary N) is 1. The molecular formula is C15H22ClNS2. The number of likely N-dealkylation sites (N-methyl/N-ethyl adjacent to an activating group) is 1. The number of benzene rings is 1. The second-order valence-corrected chi connectivity index (χ2v) is 8.61. The lowest BCUT2D eigenvalue weighted by Crippen LogP contribution is -2.43. The Kier molecular flexibility index (Phi) is 5.94. The quantitative estimate of drug-likeness (QED) is 0.898. The SMILES string of the molecule is CNC(Cc1ccc(Cl)cc1)C1CSC(C)C(C)S1. The Balaban J connectivity index is 1.98. The largest absolute Gasteiger partial charge is 0.316 e. The average molecular weight is 316 g/mol. The molecule has 4 unspecified atom stereocenters. The first-order valence-electron chi connectivity index (χ1n) is 6.79. The van der Waals surface area contributed by atoms with E-state index in [0.717, 1.165) is 21.9 Å². The summed E-state index contributed by atoms with van der Waals surface area (Å²) in [6, 6.07) is 8.78. The Labute approximate surface area is 130 Å². The van der Waals surface area contributed by atoms with Crippen LogP contribution in [-0.4, -0.2) is 34.6 Å². The minimum absolute atomic E-state index is 0.536. The third-order valence-electron chi connectivity index (χ3n) is 3.76. The standard InChI is InChI=1S/C15H22ClNS2/c1-10-11(2)19-15(9-18-10)14(17-3)8-12-4-6-13(16)7-5-12/h4-7,10-11,14-15,17H,8-9H2,1-3H3. The van der Waals surface area contributed by atoms with Crippen molar-refractivity contribution >= 4 is 35.1 Å². The molecule has 1 fully saturated rings. The van der Waals surface area contributed by atoms with Crippen LogP contribution in [0.2, 0.25) is 5.02 Å². The molecule has 1 nitrogen and oxygen atoms in total. The van der Waals surface area contributed by atoms with Crippen molar-refractivity contribution in [2.45, 2.75) is 42.1 Å². The summed E-state index contributed by atoms with van der Waals surface area (Å²) in [7, 11) is 2.08. The van der Waals surface area contributed by atoms with Gasteiger partial charge in [-0.05, 0) is 31.2 Å². The summed E-state index contributed by atoms with van der Waals surface area (Å²) in [6.07, 6.45) is 1.08. The molecule has 1 aromatic carbocycles. The van der Waals surface area contributed by atoms with Crippen molar-refractivity contribution in [2.75, 3.05) is 12.8 Å². The highest BCUT2D eigenvalue weighted by Crippen LogP contribution is 2.37. The topological polar surface area (TPSA) is 12.0 Å². The van der Waals surface area contributed by atoms with E-state index in [1.807, 2.05) is 12.1 Å². The molecule has 0 radical (unpaired) electrons. The van der Waals surface area contributed by atoms with E-state index in [2.05, 4.69) is 61.9 Å². The predicted molar refractivity (Wildman–Crippen MR) is 90.8 cm³/mol. The fraction of sp³-hybridized carbons (Fsp3) is 0.600. The molecule has 1 N–H and O–H groups in total. The van der Waals surface area contributed by atoms with Crippen LogP contribution in [0.4, 0.5) is 0 Å². The van der Waals surface area contributed by atoms with Gasteiger partial charge in [-0.2, -0.15) is 23.5 Å². The highest BCUT2D eigenvalue weighted by atomic mass is 35.5. The van der Waals surface area contributed by atoms with Crippen LogP contribution >= 0.6 is 35.1 Å². The zero-order valence-electron chi connectivity index (χ0n) is 11.7. The van der Waals surface area contributed by atoms with Crippen molar-refractivity contribution in [2.24, 2.45) is 0 Å². The van der Waals surface area contributed by atoms with Crippen LogP contribution in [0.25, 0.3) is 0 Å². The van der Waals surface area contributed by atoms with Crippen molar-refractivity contribution in [1.29, 1.82) is 0 Å². The van der Waals surface area contributed by atoms with Crippen molar-refractivity contribution in [1.82, 2.24) is 5.32 Å². The summed E-state index contributed by atoms with van der Waals surface area (Å²) in [5, 5.41) is 6.52. The summed E-state index contributed by atoms with van der Waals surface area (Å²) in [5.41, 5.74) is 1.36. The minimum atomic E-state index is 0.536. The predicted octanol–water partition coefficient (Wildman–Crippen LogP) is 4.10. The summed E-state index contributed by atoms with van der Waals surface area (Å²) in [5.74, 6) is 1.25. The van der Waals surface area contributed by atoms with Crippen LogP contribution in [-0.2, 0) is 6.42 Å². The molecule has 4 atom stereocenters. The summed E-state index contributed by atoms with van der Waals surface area (Å²) in [4.78, 5) is 0. The van der Waals surface area contributed by atoms with Gasteiger partial charge < -0.3 is 5.32 Å². The second-order valence-electron chi connectivity index (χ2n) is 5.14. The van der Waals surface area contributed by atoms with Crippen LogP contribution in [0.3, 0.4) is 0 Å². The first-order valence-corrected chi connectivity index (χ1v) is 9.16. The number of halogens is 1. The number of hydrogen-bond acceptors (Lipinski definition) is 3. The molecule has 0 spiro atoms. The Morgan fingerprint density at radius 1 is 1.26 bits per heavy atom. The van der Waals surface area contributed by atoms with E-state index >= 15 is 0 Å². The Bertz CT molecular complexity index is 396. The van der Waals surface area contributed by atoms with Crippen LogP contribution in [0.1, 0.15) is 19.4 Å². The minimum Gasteiger partial charge on any atom is -0.316 e. The van der Waals surface area contributed by atoms with Gasteiger partial charge in [-0.25, -0.2) is 0 Å². The van der Waals surface area contributed by atoms with Crippen molar-refractivity contribution < 1.29 is 0 Å². The lowest BCUT2D eigenvalue weighted by atomic mass is 10.0. The lowest BCUT2D eigenvalue weighted by Gasteiger charge is -2.36. The maximum Gasteiger partial charge on any atom is 0.0406 e. The molecule has 19 heavy (non-hydrogen) atoms. The molecule has 1 heterocycles. The molecule has 0 saturated carbocycles. The number of thioether (sulfide) groups is 2. The van der Waals surface area contributed by atoms with E-state index in [1.54, 1.807) is 0 Å². The normalized spacial score (nSPS) is 29.2. The van der Waals surface area contributed by atoms with E-state index in [4.69, 9.17) is 11.6 Å². The van der Waals surface area contributed by atoms with Crippen LogP contribution < -0.4 is 5.32 Å². The van der Waals surface area contributed by atoms with Crippen molar-refractivity contribution in [3.63, 3.8) is 0 Å². The fourth-order valence-electron chi connectivity index (χ4n) is 2.31. The van der Waals surface area contributed by atoms with Gasteiger partial charge in [0.2, 0.25) is 0 Å². The first-order chi connectivity index (χ1) is 9.10. The van der Waals surface area contributed by atoms with Gasteiger partial charge in [-0.1, -0.05) is 37.6 Å². The summed E-state index contributed by atoms with van der Waals surface area (Å²) >= 11 is 10.2. The van der Waals surface area contributed by atoms with Crippen LogP contribution in [0.5, 0.6) is 0 Å². The smallest absolute Gasteiger partial charge is 0.0406 e. The Morgan fingerprint density at radius 2 is 1.95 bits per heavy atom. The maximum absolute atomic E-state index is 5.94. The highest BCUT2D eigenvalue weighted by Gasteiger charge is 2.30. The molecule has 106 valence electrons.